The maximum absolute atomic E-state index is 11.6. The third-order valence-electron chi connectivity index (χ3n) is 4.77. The zero-order valence-corrected chi connectivity index (χ0v) is 18.2. The molecule has 2 aromatic carbocycles. The molecule has 1 aliphatic heterocycles. The molecule has 4 N–H and O–H groups in total. The van der Waals surface area contributed by atoms with E-state index in [0.717, 1.165) is 6.26 Å². The summed E-state index contributed by atoms with van der Waals surface area (Å²) in [5.74, 6) is -0.0619. The van der Waals surface area contributed by atoms with E-state index < -0.39 is 53.3 Å². The Balaban J connectivity index is 1.94. The third-order valence-corrected chi connectivity index (χ3v) is 5.27. The fourth-order valence-electron chi connectivity index (χ4n) is 3.39. The predicted octanol–water partition coefficient (Wildman–Crippen LogP) is 0.0145. The Labute approximate surface area is 185 Å². The van der Waals surface area contributed by atoms with Crippen LogP contribution < -0.4 is 14.2 Å². The highest BCUT2D eigenvalue weighted by atomic mass is 32.2. The molecule has 10 nitrogen and oxygen atoms in total. The maximum atomic E-state index is 11.6. The van der Waals surface area contributed by atoms with Crippen LogP contribution in [0.25, 0.3) is 11.1 Å². The van der Waals surface area contributed by atoms with E-state index in [0.29, 0.717) is 16.9 Å². The lowest BCUT2D eigenvalue weighted by atomic mass is 9.96. The lowest BCUT2D eigenvalue weighted by Gasteiger charge is -2.42. The summed E-state index contributed by atoms with van der Waals surface area (Å²) in [5, 5.41) is 32.6. The van der Waals surface area contributed by atoms with Gasteiger partial charge in [0.15, 0.2) is 0 Å². The summed E-state index contributed by atoms with van der Waals surface area (Å²) >= 11 is 0. The standard InChI is InChI=1S/C21H25NO9S/c1-12(24)22-18-20(26)19(25)17(11-23)30-21(18)29-16-9-4-3-8-15(16)13-6-5-7-14(10-13)31-32(2,27)28/h3-10,17-21,23,25-26H,11H2,1-2H3,(H,22,24)/t17-,18-,19+,20-,21-/m1/s1. The van der Waals surface area contributed by atoms with Gasteiger partial charge in [-0.1, -0.05) is 30.3 Å². The molecule has 1 heterocycles. The van der Waals surface area contributed by atoms with E-state index in [2.05, 4.69) is 5.32 Å². The number of amides is 1. The number of carbonyl (C=O) groups is 1. The number of rotatable bonds is 7. The van der Waals surface area contributed by atoms with Crippen LogP contribution in [0.5, 0.6) is 11.5 Å². The fourth-order valence-corrected chi connectivity index (χ4v) is 3.85. The van der Waals surface area contributed by atoms with Crippen LogP contribution in [0.2, 0.25) is 0 Å². The van der Waals surface area contributed by atoms with Gasteiger partial charge < -0.3 is 34.3 Å². The van der Waals surface area contributed by atoms with Crippen LogP contribution in [-0.4, -0.2) is 73.2 Å². The second-order valence-corrected chi connectivity index (χ2v) is 8.94. The van der Waals surface area contributed by atoms with Crippen LogP contribution in [0.1, 0.15) is 6.92 Å². The molecule has 0 unspecified atom stereocenters. The molecule has 32 heavy (non-hydrogen) atoms. The maximum Gasteiger partial charge on any atom is 0.306 e. The van der Waals surface area contributed by atoms with Gasteiger partial charge in [0.25, 0.3) is 0 Å². The van der Waals surface area contributed by atoms with Crippen molar-refractivity contribution in [3.63, 3.8) is 0 Å². The molecule has 0 saturated carbocycles. The highest BCUT2D eigenvalue weighted by molar-refractivity contribution is 7.86. The first kappa shape index (κ1) is 24.0. The second-order valence-electron chi connectivity index (χ2n) is 7.36. The van der Waals surface area contributed by atoms with Crippen molar-refractivity contribution in [3.05, 3.63) is 48.5 Å². The molecule has 0 radical (unpaired) electrons. The van der Waals surface area contributed by atoms with Crippen LogP contribution >= 0.6 is 0 Å². The highest BCUT2D eigenvalue weighted by Gasteiger charge is 2.46. The van der Waals surface area contributed by atoms with Gasteiger partial charge in [0.05, 0.1) is 12.9 Å². The van der Waals surface area contributed by atoms with Crippen molar-refractivity contribution in [1.29, 1.82) is 0 Å². The van der Waals surface area contributed by atoms with Gasteiger partial charge in [-0.25, -0.2) is 0 Å². The minimum atomic E-state index is -3.71. The van der Waals surface area contributed by atoms with Gasteiger partial charge in [-0.2, -0.15) is 8.42 Å². The Morgan fingerprint density at radius 2 is 1.84 bits per heavy atom. The molecule has 11 heteroatoms. The molecule has 1 aliphatic rings. The molecule has 1 fully saturated rings. The molecular formula is C21H25NO9S. The molecule has 0 bridgehead atoms. The number of aliphatic hydroxyl groups excluding tert-OH is 3. The number of nitrogens with one attached hydrogen (secondary N) is 1. The van der Waals surface area contributed by atoms with E-state index in [-0.39, 0.29) is 5.75 Å². The monoisotopic (exact) mass is 467 g/mol. The minimum absolute atomic E-state index is 0.115. The average molecular weight is 467 g/mol. The van der Waals surface area contributed by atoms with E-state index >= 15 is 0 Å². The van der Waals surface area contributed by atoms with E-state index in [1.165, 1.54) is 19.1 Å². The van der Waals surface area contributed by atoms with E-state index in [4.69, 9.17) is 13.7 Å². The van der Waals surface area contributed by atoms with Crippen LogP contribution in [0, 0.1) is 0 Å². The minimum Gasteiger partial charge on any atom is -0.462 e. The van der Waals surface area contributed by atoms with Gasteiger partial charge in [0.1, 0.15) is 35.9 Å². The Kier molecular flexibility index (Phi) is 7.36. The number of para-hydroxylation sites is 1. The fraction of sp³-hybridized carbons (Fsp3) is 0.381. The molecule has 1 amide bonds. The molecular weight excluding hydrogens is 442 g/mol. The summed E-state index contributed by atoms with van der Waals surface area (Å²) in [4.78, 5) is 11.6. The predicted molar refractivity (Wildman–Crippen MR) is 113 cm³/mol. The number of ether oxygens (including phenoxy) is 2. The topological polar surface area (TPSA) is 152 Å². The van der Waals surface area contributed by atoms with E-state index in [9.17, 15) is 28.5 Å². The third kappa shape index (κ3) is 5.75. The number of carbonyl (C=O) groups excluding carboxylic acids is 1. The quantitative estimate of drug-likeness (QED) is 0.413. The number of hydrogen-bond acceptors (Lipinski definition) is 9. The highest BCUT2D eigenvalue weighted by Crippen LogP contribution is 2.34. The van der Waals surface area contributed by atoms with Crippen molar-refractivity contribution < 1.29 is 42.2 Å². The summed E-state index contributed by atoms with van der Waals surface area (Å²) < 4.78 is 39.4. The van der Waals surface area contributed by atoms with Crippen molar-refractivity contribution >= 4 is 16.0 Å². The molecule has 0 spiro atoms. The van der Waals surface area contributed by atoms with Gasteiger partial charge in [-0.05, 0) is 23.8 Å². The Morgan fingerprint density at radius 1 is 1.12 bits per heavy atom. The average Bonchev–Trinajstić information content (AvgIpc) is 2.72. The van der Waals surface area contributed by atoms with Crippen LogP contribution in [-0.2, 0) is 19.6 Å². The number of hydrogen-bond donors (Lipinski definition) is 4. The van der Waals surface area contributed by atoms with Gasteiger partial charge in [-0.15, -0.1) is 0 Å². The summed E-state index contributed by atoms with van der Waals surface area (Å²) in [6, 6.07) is 12.0. The molecule has 2 aromatic rings. The van der Waals surface area contributed by atoms with Crippen LogP contribution in [0.15, 0.2) is 48.5 Å². The molecule has 5 atom stereocenters. The van der Waals surface area contributed by atoms with Crippen molar-refractivity contribution in [2.75, 3.05) is 12.9 Å². The van der Waals surface area contributed by atoms with Gasteiger partial charge in [-0.3, -0.25) is 4.79 Å². The summed E-state index contributed by atoms with van der Waals surface area (Å²) in [6.45, 7) is 0.674. The van der Waals surface area contributed by atoms with E-state index in [1.807, 2.05) is 0 Å². The first-order valence-corrected chi connectivity index (χ1v) is 11.6. The summed E-state index contributed by atoms with van der Waals surface area (Å²) in [7, 11) is -3.71. The molecule has 1 saturated heterocycles. The normalized spacial score (nSPS) is 25.7. The first-order chi connectivity index (χ1) is 15.1. The largest absolute Gasteiger partial charge is 0.462 e. The van der Waals surface area contributed by atoms with Gasteiger partial charge >= 0.3 is 10.1 Å². The lowest BCUT2D eigenvalue weighted by molar-refractivity contribution is -0.244. The summed E-state index contributed by atoms with van der Waals surface area (Å²) in [6.07, 6.45) is -4.30. The van der Waals surface area contributed by atoms with Gasteiger partial charge in [0, 0.05) is 12.5 Å². The number of benzene rings is 2. The van der Waals surface area contributed by atoms with Crippen molar-refractivity contribution in [2.24, 2.45) is 0 Å². The molecule has 3 rings (SSSR count). The van der Waals surface area contributed by atoms with Crippen molar-refractivity contribution in [1.82, 2.24) is 5.32 Å². The van der Waals surface area contributed by atoms with Crippen molar-refractivity contribution in [3.8, 4) is 22.6 Å². The second kappa shape index (κ2) is 9.84. The van der Waals surface area contributed by atoms with Gasteiger partial charge in [0.2, 0.25) is 12.2 Å². The molecule has 174 valence electrons. The molecule has 0 aliphatic carbocycles. The number of aliphatic hydroxyl groups is 3. The summed E-state index contributed by atoms with van der Waals surface area (Å²) in [5.41, 5.74) is 1.13. The Hall–Kier alpha value is -2.70. The zero-order valence-electron chi connectivity index (χ0n) is 17.4. The van der Waals surface area contributed by atoms with Crippen molar-refractivity contribution in [2.45, 2.75) is 37.6 Å². The van der Waals surface area contributed by atoms with Crippen LogP contribution in [0.3, 0.4) is 0 Å². The SMILES string of the molecule is CC(=O)N[C@H]1[C@H](Oc2ccccc2-c2cccc(OS(C)(=O)=O)c2)O[C@H](CO)[C@H](O)[C@@H]1O. The Morgan fingerprint density at radius 3 is 2.50 bits per heavy atom. The van der Waals surface area contributed by atoms with Crippen LogP contribution in [0.4, 0.5) is 0 Å². The smallest absolute Gasteiger partial charge is 0.306 e. The Bertz CT molecular complexity index is 1060. The molecule has 0 aromatic heterocycles. The lowest BCUT2D eigenvalue weighted by Crippen LogP contribution is -2.65. The first-order valence-electron chi connectivity index (χ1n) is 9.74. The van der Waals surface area contributed by atoms with E-state index in [1.54, 1.807) is 36.4 Å². The zero-order chi connectivity index (χ0) is 23.5.